The van der Waals surface area contributed by atoms with Crippen LogP contribution in [0.2, 0.25) is 0 Å². The number of hydrogen-bond donors (Lipinski definition) is 2. The number of nitrogens with two attached hydrogens (primary N) is 1. The highest BCUT2D eigenvalue weighted by molar-refractivity contribution is 8.00. The monoisotopic (exact) mass is 358 g/mol. The molecule has 2 heterocycles. The number of hydrogen-bond acceptors (Lipinski definition) is 6. The number of nitrogens with zero attached hydrogens (tertiary/aromatic N) is 4. The number of carbonyl (C=O) groups is 2. The fourth-order valence-corrected chi connectivity index (χ4v) is 3.33. The summed E-state index contributed by atoms with van der Waals surface area (Å²) in [5.41, 5.74) is 7.50. The van der Waals surface area contributed by atoms with Crippen molar-refractivity contribution in [2.75, 3.05) is 0 Å². The lowest BCUT2D eigenvalue weighted by Crippen LogP contribution is -2.39. The molecular weight excluding hydrogens is 340 g/mol. The predicted molar refractivity (Wildman–Crippen MR) is 96.2 cm³/mol. The molecule has 0 aliphatic heterocycles. The first-order valence-corrected chi connectivity index (χ1v) is 8.77. The van der Waals surface area contributed by atoms with Gasteiger partial charge in [0.25, 0.3) is 0 Å². The third-order valence-electron chi connectivity index (χ3n) is 3.70. The molecule has 0 saturated heterocycles. The number of aromatic nitrogens is 4. The molecule has 3 amide bonds. The Hall–Kier alpha value is -2.68. The molecule has 1 aromatic carbocycles. The van der Waals surface area contributed by atoms with Gasteiger partial charge < -0.3 is 10.3 Å². The zero-order valence-corrected chi connectivity index (χ0v) is 14.7. The third-order valence-corrected chi connectivity index (χ3v) is 4.65. The molecule has 0 saturated carbocycles. The van der Waals surface area contributed by atoms with Crippen molar-refractivity contribution in [1.29, 1.82) is 0 Å². The Bertz CT molecular complexity index is 954. The van der Waals surface area contributed by atoms with Crippen LogP contribution in [0, 0.1) is 0 Å². The van der Waals surface area contributed by atoms with E-state index in [2.05, 4.69) is 32.0 Å². The lowest BCUT2D eigenvalue weighted by atomic mass is 10.2. The largest absolute Gasteiger partial charge is 0.351 e. The van der Waals surface area contributed by atoms with Crippen LogP contribution in [0.3, 0.4) is 0 Å². The average Bonchev–Trinajstić information content (AvgIpc) is 2.88. The van der Waals surface area contributed by atoms with Gasteiger partial charge in [-0.15, -0.1) is 10.2 Å². The van der Waals surface area contributed by atoms with Crippen molar-refractivity contribution < 1.29 is 9.59 Å². The van der Waals surface area contributed by atoms with Crippen molar-refractivity contribution in [3.63, 3.8) is 0 Å². The molecule has 3 N–H and O–H groups in total. The summed E-state index contributed by atoms with van der Waals surface area (Å²) in [4.78, 5) is 27.2. The van der Waals surface area contributed by atoms with Crippen LogP contribution in [0.25, 0.3) is 22.1 Å². The van der Waals surface area contributed by atoms with Crippen molar-refractivity contribution in [3.8, 4) is 0 Å². The summed E-state index contributed by atoms with van der Waals surface area (Å²) in [5, 5.41) is 11.3. The Morgan fingerprint density at radius 3 is 2.80 bits per heavy atom. The SMILES string of the molecule is CCCn1c2ccccc2c2nnc(S[C@@H](C)C(=O)NC(N)=O)nc21. The Labute approximate surface area is 148 Å². The minimum Gasteiger partial charge on any atom is -0.351 e. The fraction of sp³-hybridized carbons (Fsp3) is 0.312. The maximum absolute atomic E-state index is 11.8. The lowest BCUT2D eigenvalue weighted by Gasteiger charge is -2.09. The van der Waals surface area contributed by atoms with Gasteiger partial charge in [-0.05, 0) is 19.4 Å². The maximum atomic E-state index is 11.8. The van der Waals surface area contributed by atoms with Crippen molar-refractivity contribution in [3.05, 3.63) is 24.3 Å². The van der Waals surface area contributed by atoms with Crippen LogP contribution >= 0.6 is 11.8 Å². The number of benzene rings is 1. The van der Waals surface area contributed by atoms with Gasteiger partial charge in [-0.1, -0.05) is 36.9 Å². The molecular formula is C16H18N6O2S. The molecule has 0 unspecified atom stereocenters. The number of rotatable bonds is 5. The van der Waals surface area contributed by atoms with Crippen LogP contribution in [0.1, 0.15) is 20.3 Å². The number of urea groups is 1. The summed E-state index contributed by atoms with van der Waals surface area (Å²) < 4.78 is 2.11. The molecule has 25 heavy (non-hydrogen) atoms. The van der Waals surface area contributed by atoms with E-state index in [0.717, 1.165) is 46.8 Å². The molecule has 1 atom stereocenters. The standard InChI is InChI=1S/C16H18N6O2S/c1-3-8-22-11-7-5-4-6-10(11)12-13(22)18-16(21-20-12)25-9(2)14(23)19-15(17)24/h4-7,9H,3,8H2,1-2H3,(H3,17,19,23,24)/t9-/m0/s1. The molecule has 0 fully saturated rings. The van der Waals surface area contributed by atoms with E-state index in [1.165, 1.54) is 0 Å². The number of primary amides is 1. The number of amides is 3. The highest BCUT2D eigenvalue weighted by Gasteiger charge is 2.19. The van der Waals surface area contributed by atoms with Crippen LogP contribution in [0.15, 0.2) is 29.4 Å². The van der Waals surface area contributed by atoms with Crippen molar-refractivity contribution in [2.45, 2.75) is 37.2 Å². The molecule has 9 heteroatoms. The molecule has 0 spiro atoms. The van der Waals surface area contributed by atoms with E-state index in [1.54, 1.807) is 6.92 Å². The van der Waals surface area contributed by atoms with Gasteiger partial charge in [0.2, 0.25) is 11.1 Å². The van der Waals surface area contributed by atoms with E-state index in [0.29, 0.717) is 5.16 Å². The van der Waals surface area contributed by atoms with Crippen molar-refractivity contribution in [1.82, 2.24) is 25.1 Å². The molecule has 8 nitrogen and oxygen atoms in total. The smallest absolute Gasteiger partial charge is 0.318 e. The minimum atomic E-state index is -0.880. The minimum absolute atomic E-state index is 0.375. The Morgan fingerprint density at radius 2 is 2.08 bits per heavy atom. The molecule has 0 bridgehead atoms. The summed E-state index contributed by atoms with van der Waals surface area (Å²) in [6, 6.07) is 7.08. The first kappa shape index (κ1) is 17.2. The van der Waals surface area contributed by atoms with E-state index in [-0.39, 0.29) is 0 Å². The van der Waals surface area contributed by atoms with Crippen LogP contribution in [-0.4, -0.2) is 36.9 Å². The van der Waals surface area contributed by atoms with Gasteiger partial charge in [0.05, 0.1) is 10.8 Å². The summed E-state index contributed by atoms with van der Waals surface area (Å²) in [6.07, 6.45) is 0.956. The number of thioether (sulfide) groups is 1. The lowest BCUT2D eigenvalue weighted by molar-refractivity contribution is -0.119. The first-order chi connectivity index (χ1) is 12.0. The van der Waals surface area contributed by atoms with E-state index in [1.807, 2.05) is 24.3 Å². The highest BCUT2D eigenvalue weighted by Crippen LogP contribution is 2.28. The molecule has 2 aromatic heterocycles. The van der Waals surface area contributed by atoms with E-state index < -0.39 is 17.2 Å². The number of fused-ring (bicyclic) bond motifs is 3. The number of imide groups is 1. The summed E-state index contributed by atoms with van der Waals surface area (Å²) >= 11 is 1.13. The topological polar surface area (TPSA) is 116 Å². The van der Waals surface area contributed by atoms with Gasteiger partial charge in [-0.25, -0.2) is 9.78 Å². The molecule has 0 radical (unpaired) electrons. The van der Waals surface area contributed by atoms with Gasteiger partial charge in [-0.3, -0.25) is 10.1 Å². The zero-order chi connectivity index (χ0) is 18.0. The normalized spacial score (nSPS) is 12.4. The number of aryl methyl sites for hydroxylation is 1. The Kier molecular flexibility index (Phi) is 4.84. The summed E-state index contributed by atoms with van der Waals surface area (Å²) in [6.45, 7) is 4.56. The van der Waals surface area contributed by atoms with E-state index >= 15 is 0 Å². The van der Waals surface area contributed by atoms with Crippen LogP contribution in [-0.2, 0) is 11.3 Å². The number of nitrogens with one attached hydrogen (secondary N) is 1. The molecule has 3 rings (SSSR count). The Balaban J connectivity index is 1.99. The second-order valence-electron chi connectivity index (χ2n) is 5.55. The van der Waals surface area contributed by atoms with E-state index in [4.69, 9.17) is 5.73 Å². The van der Waals surface area contributed by atoms with Gasteiger partial charge >= 0.3 is 6.03 Å². The summed E-state index contributed by atoms with van der Waals surface area (Å²) in [7, 11) is 0. The second-order valence-corrected chi connectivity index (χ2v) is 6.86. The predicted octanol–water partition coefficient (Wildman–Crippen LogP) is 2.06. The molecule has 0 aliphatic carbocycles. The van der Waals surface area contributed by atoms with Gasteiger partial charge in [-0.2, -0.15) is 0 Å². The number of carbonyl (C=O) groups excluding carboxylic acids is 2. The second kappa shape index (κ2) is 7.06. The number of para-hydroxylation sites is 1. The van der Waals surface area contributed by atoms with Gasteiger partial charge in [0, 0.05) is 11.9 Å². The zero-order valence-electron chi connectivity index (χ0n) is 13.9. The molecule has 3 aromatic rings. The first-order valence-electron chi connectivity index (χ1n) is 7.90. The van der Waals surface area contributed by atoms with Crippen molar-refractivity contribution in [2.24, 2.45) is 5.73 Å². The Morgan fingerprint density at radius 1 is 1.32 bits per heavy atom. The van der Waals surface area contributed by atoms with Crippen LogP contribution in [0.4, 0.5) is 4.79 Å². The third kappa shape index (κ3) is 3.41. The molecule has 0 aliphatic rings. The summed E-state index contributed by atoms with van der Waals surface area (Å²) in [5.74, 6) is -0.490. The fourth-order valence-electron chi connectivity index (χ4n) is 2.62. The van der Waals surface area contributed by atoms with Crippen LogP contribution < -0.4 is 11.1 Å². The van der Waals surface area contributed by atoms with Gasteiger partial charge in [0.15, 0.2) is 5.65 Å². The quantitative estimate of drug-likeness (QED) is 0.675. The van der Waals surface area contributed by atoms with Gasteiger partial charge in [0.1, 0.15) is 5.52 Å². The van der Waals surface area contributed by atoms with Crippen LogP contribution in [0.5, 0.6) is 0 Å². The molecule has 130 valence electrons. The van der Waals surface area contributed by atoms with Crippen molar-refractivity contribution >= 4 is 45.8 Å². The highest BCUT2D eigenvalue weighted by atomic mass is 32.2. The average molecular weight is 358 g/mol. The van der Waals surface area contributed by atoms with E-state index in [9.17, 15) is 9.59 Å². The maximum Gasteiger partial charge on any atom is 0.318 e.